The van der Waals surface area contributed by atoms with E-state index in [1.807, 2.05) is 0 Å². The zero-order valence-electron chi connectivity index (χ0n) is 21.6. The molecule has 48 heavy (non-hydrogen) atoms. The summed E-state index contributed by atoms with van der Waals surface area (Å²) < 4.78 is 41.3. The van der Waals surface area contributed by atoms with Crippen LogP contribution in [0.1, 0.15) is 114 Å². The summed E-state index contributed by atoms with van der Waals surface area (Å²) in [6.45, 7) is 0. The van der Waals surface area contributed by atoms with Crippen molar-refractivity contribution in [3.63, 3.8) is 0 Å². The maximum absolute atomic E-state index is 10.5. The van der Waals surface area contributed by atoms with Gasteiger partial charge in [0, 0.05) is 23.2 Å². The molecule has 320 valence electrons. The van der Waals surface area contributed by atoms with Crippen LogP contribution in [0.25, 0.3) is 0 Å². The fourth-order valence-electron chi connectivity index (χ4n) is 2.03. The van der Waals surface area contributed by atoms with Gasteiger partial charge in [-0.15, -0.1) is 4.67 Å². The van der Waals surface area contributed by atoms with E-state index in [1.54, 1.807) is 0 Å². The van der Waals surface area contributed by atoms with Gasteiger partial charge in [0.1, 0.15) is 5.78 Å². The van der Waals surface area contributed by atoms with Crippen LogP contribution in [0.5, 0.6) is 0 Å². The largest absolute Gasteiger partial charge is 0.718 e. The van der Waals surface area contributed by atoms with Gasteiger partial charge in [-0.1, -0.05) is 62.6 Å². The third-order valence-corrected chi connectivity index (χ3v) is 3.76. The Kier molecular flexibility index (Phi) is 238. The minimum absolute atomic E-state index is 0. The van der Waals surface area contributed by atoms with E-state index in [0.29, 0.717) is 5.78 Å². The highest BCUT2D eigenvalue weighted by Gasteiger charge is 2.06. The Balaban J connectivity index is -0.0000000111. The van der Waals surface area contributed by atoms with Gasteiger partial charge in [-0.05, 0) is 47.7 Å². The number of oxime groups is 1. The Morgan fingerprint density at radius 3 is 1.15 bits per heavy atom. The summed E-state index contributed by atoms with van der Waals surface area (Å²) in [6, 6.07) is 0. The van der Waals surface area contributed by atoms with Crippen LogP contribution >= 0.6 is 34.2 Å². The highest BCUT2D eigenvalue weighted by molar-refractivity contribution is 7.30. The topological polar surface area (TPSA) is 538 Å². The predicted molar refractivity (Wildman–Crippen MR) is 180 cm³/mol. The minimum Gasteiger partial charge on any atom is -0.718 e. The molecule has 0 aromatic heterocycles. The lowest BCUT2D eigenvalue weighted by molar-refractivity contribution is -0.778. The second-order valence-electron chi connectivity index (χ2n) is 5.40. The molecule has 3 unspecified atom stereocenters. The number of rotatable bonds is 6. The van der Waals surface area contributed by atoms with Crippen LogP contribution in [0, 0.1) is 0 Å². The number of hydrogen-bond donors (Lipinski definition) is 4. The van der Waals surface area contributed by atoms with E-state index in [9.17, 15) is 4.79 Å². The van der Waals surface area contributed by atoms with Crippen molar-refractivity contribution in [3.05, 3.63) is 0 Å². The van der Waals surface area contributed by atoms with Crippen molar-refractivity contribution in [2.75, 3.05) is 0 Å². The Hall–Kier alpha value is -0.930. The van der Waals surface area contributed by atoms with E-state index >= 15 is 0 Å². The normalized spacial score (nSPS) is 11.1. The van der Waals surface area contributed by atoms with Crippen LogP contribution in [-0.2, 0) is 52.4 Å². The second-order valence-corrected chi connectivity index (χ2v) is 7.43. The molecular formula is C18H72N2O24P4-2. The Labute approximate surface area is 293 Å². The standard InChI is InChI=1S/C6H11NO.C6H10O.6CH4.H3N.3HO4P.H3O4P.6H2O.4H2/c8-7-6-4-2-1-3-5-6;7-6-4-2-1-3-5-6;;;;;;;;2*1-4-5(2)3;1-3-4-5-2;1-3-5-4-2;;;;;;;;;;/h8H,1-5H2;1-5H2;6*1H4;1H3;3*1H;1-2,5H;6*1H2;4*1H/p-2. The maximum Gasteiger partial charge on any atom is 0.521 e. The van der Waals surface area contributed by atoms with E-state index < -0.39 is 34.2 Å². The first-order valence-corrected chi connectivity index (χ1v) is 12.7. The first-order chi connectivity index (χ1) is 16.7. The van der Waals surface area contributed by atoms with E-state index in [0.717, 1.165) is 44.2 Å². The fraction of sp³-hybridized carbons (Fsp3) is 0.889. The Morgan fingerprint density at radius 1 is 0.750 bits per heavy atom. The quantitative estimate of drug-likeness (QED) is 0.0878. The van der Waals surface area contributed by atoms with Crippen LogP contribution in [-0.4, -0.2) is 54.6 Å². The highest BCUT2D eigenvalue weighted by Crippen LogP contribution is 2.14. The number of nitrogens with zero attached hydrogens (tertiary/aromatic N) is 1. The molecule has 2 saturated carbocycles. The summed E-state index contributed by atoms with van der Waals surface area (Å²) >= 11 is 0. The summed E-state index contributed by atoms with van der Waals surface area (Å²) in [5.41, 5.74) is 0.983. The number of carbonyl (C=O) groups is 1. The molecule has 3 atom stereocenters. The molecule has 0 bridgehead atoms. The van der Waals surface area contributed by atoms with Crippen molar-refractivity contribution in [2.45, 2.75) is 109 Å². The fourth-order valence-corrected chi connectivity index (χ4v) is 2.09. The third kappa shape index (κ3) is 139. The lowest BCUT2D eigenvalue weighted by atomic mass is 9.99. The van der Waals surface area contributed by atoms with Gasteiger partial charge in [0.15, 0.2) is 9.03 Å². The van der Waals surface area contributed by atoms with Crippen LogP contribution < -0.4 is 31.7 Å². The van der Waals surface area contributed by atoms with E-state index in [-0.39, 0.29) is 89.3 Å². The summed E-state index contributed by atoms with van der Waals surface area (Å²) in [7, 11) is -7.75. The molecule has 0 radical (unpaired) electrons. The van der Waals surface area contributed by atoms with E-state index in [2.05, 4.69) is 33.6 Å². The van der Waals surface area contributed by atoms with Crippen molar-refractivity contribution in [3.8, 4) is 0 Å². The molecule has 0 aliphatic heterocycles. The van der Waals surface area contributed by atoms with Gasteiger partial charge in [-0.3, -0.25) is 9.83 Å². The lowest BCUT2D eigenvalue weighted by Crippen LogP contribution is -2.03. The van der Waals surface area contributed by atoms with Crippen LogP contribution in [0.4, 0.5) is 0 Å². The smallest absolute Gasteiger partial charge is 0.521 e. The van der Waals surface area contributed by atoms with Crippen molar-refractivity contribution >= 4 is 45.7 Å². The summed E-state index contributed by atoms with van der Waals surface area (Å²) in [5.74, 6) is 0.464. The molecule has 0 spiro atoms. The lowest BCUT2D eigenvalue weighted by Gasteiger charge is -2.08. The number of ketones is 1. The first kappa shape index (κ1) is 110. The molecule has 30 heteroatoms. The zero-order valence-corrected chi connectivity index (χ0v) is 25.3. The molecule has 2 aliphatic carbocycles. The molecule has 0 amide bonds. The molecule has 0 aromatic rings. The third-order valence-electron chi connectivity index (χ3n) is 3.24. The monoisotopic (exact) mass is 824 g/mol. The van der Waals surface area contributed by atoms with Crippen LogP contribution in [0.15, 0.2) is 5.16 Å². The second kappa shape index (κ2) is 103. The molecule has 2 aliphatic rings. The molecule has 0 aromatic carbocycles. The Morgan fingerprint density at radius 2 is 1.06 bits per heavy atom. The molecule has 2 rings (SSSR count). The molecule has 26 nitrogen and oxygen atoms in total. The molecule has 0 heterocycles. The van der Waals surface area contributed by atoms with Gasteiger partial charge in [0.05, 0.1) is 5.71 Å². The van der Waals surface area contributed by atoms with Crippen molar-refractivity contribution < 1.29 is 127 Å². The van der Waals surface area contributed by atoms with Crippen molar-refractivity contribution in [1.82, 2.24) is 6.15 Å². The minimum atomic E-state index is -3.15. The predicted octanol–water partition coefficient (Wildman–Crippen LogP) is -0.300. The average Bonchev–Trinajstić information content (AvgIpc) is 2.88. The van der Waals surface area contributed by atoms with Gasteiger partial charge in [0.25, 0.3) is 0 Å². The molecule has 0 saturated heterocycles. The number of carbonyl (C=O) groups excluding carboxylic acids is 1. The van der Waals surface area contributed by atoms with Crippen LogP contribution in [0.3, 0.4) is 0 Å². The van der Waals surface area contributed by atoms with Gasteiger partial charge in [-0.25, -0.2) is 19.8 Å². The van der Waals surface area contributed by atoms with E-state index in [1.165, 1.54) is 25.7 Å². The number of hydrogen-bond acceptors (Lipinski definition) is 20. The highest BCUT2D eigenvalue weighted by atomic mass is 31.1. The summed E-state index contributed by atoms with van der Waals surface area (Å²) in [6.07, 6.45) is 11.0. The molecule has 2 fully saturated rings. The van der Waals surface area contributed by atoms with Crippen molar-refractivity contribution in [1.29, 1.82) is 0 Å². The van der Waals surface area contributed by atoms with E-state index in [4.69, 9.17) is 55.0 Å². The molecule has 19 N–H and O–H groups in total. The van der Waals surface area contributed by atoms with Gasteiger partial charge in [0.2, 0.25) is 0 Å². The van der Waals surface area contributed by atoms with Gasteiger partial charge in [-0.2, -0.15) is 4.67 Å². The number of Topliss-reactive ketones (excluding diaryl/α,β-unsaturated/α-hetero) is 1. The van der Waals surface area contributed by atoms with Crippen molar-refractivity contribution in [2.24, 2.45) is 5.16 Å². The summed E-state index contributed by atoms with van der Waals surface area (Å²) in [4.78, 5) is 28.3. The average molecular weight is 825 g/mol. The Bertz CT molecular complexity index is 549. The SMILES string of the molecule is C.C.C.C.C.C.N.O.O.O.O.O.O=C1CCCCC1.O=POO[O-].O=[P+]([O-])OO.O=[P+]([O-])O[O-].ON=C1CCCCC1.[HH].[HH].[HH].[HH].[O-]OPOO.[OH3+]. The maximum atomic E-state index is 10.5. The van der Waals surface area contributed by atoms with Gasteiger partial charge < -0.3 is 74.4 Å². The van der Waals surface area contributed by atoms with Gasteiger partial charge >= 0.3 is 25.2 Å². The zero-order chi connectivity index (χ0) is 27.7. The summed E-state index contributed by atoms with van der Waals surface area (Å²) in [5, 5.41) is 54.3. The first-order valence-electron chi connectivity index (χ1n) is 8.94. The van der Waals surface area contributed by atoms with Crippen LogP contribution in [0.2, 0.25) is 0 Å². The molecular weight excluding hydrogens is 752 g/mol.